The van der Waals surface area contributed by atoms with Gasteiger partial charge in [0.25, 0.3) is 0 Å². The normalized spacial score (nSPS) is 10.5. The Morgan fingerprint density at radius 3 is 2.81 bits per heavy atom. The molecule has 3 aromatic rings. The highest BCUT2D eigenvalue weighted by atomic mass is 35.5. The molecule has 0 radical (unpaired) electrons. The number of nitriles is 1. The fraction of sp³-hybridized carbons (Fsp3) is 0.0625. The number of nitrogens with zero attached hydrogens (tertiary/aromatic N) is 1. The van der Waals surface area contributed by atoms with Crippen LogP contribution in [0, 0.1) is 11.3 Å². The molecule has 0 aliphatic rings. The number of hydrogen-bond donors (Lipinski definition) is 1. The maximum atomic E-state index is 9.14. The number of halogens is 1. The largest absolute Gasteiger partial charge is 0.483 e. The van der Waals surface area contributed by atoms with E-state index in [2.05, 4.69) is 0 Å². The van der Waals surface area contributed by atoms with Crippen LogP contribution in [-0.4, -0.2) is 0 Å². The Morgan fingerprint density at radius 2 is 2.05 bits per heavy atom. The summed E-state index contributed by atoms with van der Waals surface area (Å²) in [6.45, 7) is 0.237. The van der Waals surface area contributed by atoms with Crippen molar-refractivity contribution >= 4 is 28.3 Å². The van der Waals surface area contributed by atoms with Crippen molar-refractivity contribution in [3.63, 3.8) is 0 Å². The quantitative estimate of drug-likeness (QED) is 0.738. The van der Waals surface area contributed by atoms with Crippen LogP contribution in [0.15, 0.2) is 46.9 Å². The number of para-hydroxylation sites is 1. The highest BCUT2D eigenvalue weighted by Gasteiger charge is 2.15. The third kappa shape index (κ3) is 2.51. The fourth-order valence-electron chi connectivity index (χ4n) is 2.09. The predicted octanol–water partition coefficient (Wildman–Crippen LogP) is 4.12. The molecule has 0 spiro atoms. The van der Waals surface area contributed by atoms with E-state index in [1.807, 2.05) is 24.3 Å². The van der Waals surface area contributed by atoms with Crippen LogP contribution >= 0.6 is 11.6 Å². The van der Waals surface area contributed by atoms with Gasteiger partial charge in [0, 0.05) is 16.3 Å². The van der Waals surface area contributed by atoms with Crippen LogP contribution in [0.25, 0.3) is 11.0 Å². The molecule has 0 aliphatic heterocycles. The van der Waals surface area contributed by atoms with Crippen LogP contribution in [0.3, 0.4) is 0 Å². The second-order valence-electron chi connectivity index (χ2n) is 4.50. The fourth-order valence-corrected chi connectivity index (χ4v) is 2.27. The summed E-state index contributed by atoms with van der Waals surface area (Å²) < 4.78 is 11.2. The van der Waals surface area contributed by atoms with E-state index in [4.69, 9.17) is 31.8 Å². The molecule has 2 N–H and O–H groups in total. The first kappa shape index (κ1) is 13.3. The first-order chi connectivity index (χ1) is 10.2. The van der Waals surface area contributed by atoms with Crippen molar-refractivity contribution in [1.82, 2.24) is 0 Å². The van der Waals surface area contributed by atoms with Crippen molar-refractivity contribution in [3.8, 4) is 11.8 Å². The predicted molar refractivity (Wildman–Crippen MR) is 81.1 cm³/mol. The summed E-state index contributed by atoms with van der Waals surface area (Å²) in [7, 11) is 0. The topological polar surface area (TPSA) is 72.2 Å². The number of rotatable bonds is 3. The van der Waals surface area contributed by atoms with Crippen molar-refractivity contribution in [2.75, 3.05) is 5.73 Å². The first-order valence-corrected chi connectivity index (χ1v) is 6.65. The minimum absolute atomic E-state index is 0.156. The van der Waals surface area contributed by atoms with Crippen LogP contribution in [0.4, 0.5) is 5.69 Å². The summed E-state index contributed by atoms with van der Waals surface area (Å²) >= 11 is 5.86. The van der Waals surface area contributed by atoms with Gasteiger partial charge in [-0.3, -0.25) is 0 Å². The number of anilines is 1. The molecule has 0 unspecified atom stereocenters. The molecule has 3 rings (SSSR count). The van der Waals surface area contributed by atoms with Crippen molar-refractivity contribution in [2.24, 2.45) is 0 Å². The second kappa shape index (κ2) is 5.39. The third-order valence-corrected chi connectivity index (χ3v) is 3.37. The molecule has 5 heteroatoms. The van der Waals surface area contributed by atoms with Gasteiger partial charge in [-0.2, -0.15) is 5.26 Å². The van der Waals surface area contributed by atoms with Gasteiger partial charge in [-0.1, -0.05) is 29.8 Å². The number of fused-ring (bicyclic) bond motifs is 1. The Morgan fingerprint density at radius 1 is 1.24 bits per heavy atom. The summed E-state index contributed by atoms with van der Waals surface area (Å²) in [5.74, 6) is 0.589. The highest BCUT2D eigenvalue weighted by molar-refractivity contribution is 6.30. The number of hydrogen-bond acceptors (Lipinski definition) is 4. The maximum Gasteiger partial charge on any atom is 0.246 e. The van der Waals surface area contributed by atoms with E-state index in [0.717, 1.165) is 10.9 Å². The molecule has 0 amide bonds. The molecule has 21 heavy (non-hydrogen) atoms. The van der Waals surface area contributed by atoms with E-state index in [-0.39, 0.29) is 12.4 Å². The van der Waals surface area contributed by atoms with Gasteiger partial charge in [0.2, 0.25) is 5.76 Å². The zero-order valence-electron chi connectivity index (χ0n) is 11.0. The summed E-state index contributed by atoms with van der Waals surface area (Å²) in [4.78, 5) is 0. The van der Waals surface area contributed by atoms with Crippen LogP contribution in [0.1, 0.15) is 11.3 Å². The van der Waals surface area contributed by atoms with Gasteiger partial charge in [0.1, 0.15) is 18.3 Å². The van der Waals surface area contributed by atoms with Crippen LogP contribution in [0.5, 0.6) is 5.75 Å². The van der Waals surface area contributed by atoms with E-state index < -0.39 is 0 Å². The van der Waals surface area contributed by atoms with Gasteiger partial charge in [-0.15, -0.1) is 0 Å². The van der Waals surface area contributed by atoms with E-state index in [0.29, 0.717) is 22.0 Å². The number of nitrogens with two attached hydrogens (primary N) is 1. The molecule has 4 nitrogen and oxygen atoms in total. The Labute approximate surface area is 126 Å². The third-order valence-electron chi connectivity index (χ3n) is 3.13. The van der Waals surface area contributed by atoms with Gasteiger partial charge in [-0.05, 0) is 24.3 Å². The van der Waals surface area contributed by atoms with Crippen molar-refractivity contribution in [1.29, 1.82) is 5.26 Å². The van der Waals surface area contributed by atoms with Crippen molar-refractivity contribution < 1.29 is 9.15 Å². The first-order valence-electron chi connectivity index (χ1n) is 6.27. The molecule has 0 bridgehead atoms. The minimum Gasteiger partial charge on any atom is -0.483 e. The standard InChI is InChI=1S/C16H11ClN2O2/c17-11-6-5-10(13(19)7-11)9-20-16-12-3-1-2-4-14(12)21-15(16)8-18/h1-7H,9,19H2. The lowest BCUT2D eigenvalue weighted by atomic mass is 10.2. The molecule has 0 aliphatic carbocycles. The van der Waals surface area contributed by atoms with E-state index in [9.17, 15) is 0 Å². The Kier molecular flexibility index (Phi) is 3.43. The van der Waals surface area contributed by atoms with Gasteiger partial charge >= 0.3 is 0 Å². The van der Waals surface area contributed by atoms with E-state index in [1.165, 1.54) is 0 Å². The van der Waals surface area contributed by atoms with Gasteiger partial charge in [0.15, 0.2) is 5.75 Å². The number of ether oxygens (including phenoxy) is 1. The number of furan rings is 1. The van der Waals surface area contributed by atoms with Gasteiger partial charge in [-0.25, -0.2) is 0 Å². The summed E-state index contributed by atoms with van der Waals surface area (Å²) in [5, 5.41) is 10.5. The second-order valence-corrected chi connectivity index (χ2v) is 4.94. The lowest BCUT2D eigenvalue weighted by Gasteiger charge is -2.08. The Balaban J connectivity index is 1.93. The lowest BCUT2D eigenvalue weighted by molar-refractivity contribution is 0.304. The van der Waals surface area contributed by atoms with E-state index >= 15 is 0 Å². The molecule has 0 atom stereocenters. The van der Waals surface area contributed by atoms with Crippen molar-refractivity contribution in [2.45, 2.75) is 6.61 Å². The minimum atomic E-state index is 0.156. The zero-order chi connectivity index (χ0) is 14.8. The molecule has 104 valence electrons. The van der Waals surface area contributed by atoms with Gasteiger partial charge < -0.3 is 14.9 Å². The van der Waals surface area contributed by atoms with Gasteiger partial charge in [0.05, 0.1) is 5.39 Å². The van der Waals surface area contributed by atoms with Crippen LogP contribution in [-0.2, 0) is 6.61 Å². The molecular weight excluding hydrogens is 288 g/mol. The Bertz CT molecular complexity index is 849. The molecular formula is C16H11ClN2O2. The average molecular weight is 299 g/mol. The molecule has 1 aromatic heterocycles. The Hall–Kier alpha value is -2.64. The zero-order valence-corrected chi connectivity index (χ0v) is 11.7. The summed E-state index contributed by atoms with van der Waals surface area (Å²) in [6, 6.07) is 14.6. The lowest BCUT2D eigenvalue weighted by Crippen LogP contribution is -2.00. The molecule has 2 aromatic carbocycles. The smallest absolute Gasteiger partial charge is 0.246 e. The summed E-state index contributed by atoms with van der Waals surface area (Å²) in [5.41, 5.74) is 7.86. The van der Waals surface area contributed by atoms with Crippen molar-refractivity contribution in [3.05, 3.63) is 58.8 Å². The number of nitrogen functional groups attached to an aromatic ring is 1. The van der Waals surface area contributed by atoms with Crippen LogP contribution < -0.4 is 10.5 Å². The number of benzene rings is 2. The molecule has 0 saturated carbocycles. The maximum absolute atomic E-state index is 9.14. The monoisotopic (exact) mass is 298 g/mol. The molecule has 1 heterocycles. The highest BCUT2D eigenvalue weighted by Crippen LogP contribution is 2.33. The van der Waals surface area contributed by atoms with E-state index in [1.54, 1.807) is 24.3 Å². The SMILES string of the molecule is N#Cc1oc2ccccc2c1OCc1ccc(Cl)cc1N. The van der Waals surface area contributed by atoms with Crippen LogP contribution in [0.2, 0.25) is 5.02 Å². The summed E-state index contributed by atoms with van der Waals surface area (Å²) in [6.07, 6.45) is 0. The molecule has 0 saturated heterocycles. The average Bonchev–Trinajstić information content (AvgIpc) is 2.84. The molecule has 0 fully saturated rings.